The molecule has 0 radical (unpaired) electrons. The van der Waals surface area contributed by atoms with Crippen molar-refractivity contribution >= 4 is 23.1 Å². The lowest BCUT2D eigenvalue weighted by atomic mass is 10.1. The van der Waals surface area contributed by atoms with Gasteiger partial charge in [-0.05, 0) is 6.07 Å². The highest BCUT2D eigenvalue weighted by molar-refractivity contribution is 7.78. The Hall–Kier alpha value is -1.77. The fourth-order valence-electron chi connectivity index (χ4n) is 1.24. The highest BCUT2D eigenvalue weighted by Gasteiger charge is 2.39. The molecule has 1 rings (SSSR count). The van der Waals surface area contributed by atoms with Gasteiger partial charge in [0.2, 0.25) is 5.82 Å². The number of halogens is 4. The summed E-state index contributed by atoms with van der Waals surface area (Å²) in [5.41, 5.74) is -2.74. The van der Waals surface area contributed by atoms with Crippen LogP contribution in [0.25, 0.3) is 0 Å². The topological polar surface area (TPSA) is 26.8 Å². The normalized spacial score (nSPS) is 10.6. The monoisotopic (exact) mass is 261 g/mol. The smallest absolute Gasteiger partial charge is 0.199 e. The summed E-state index contributed by atoms with van der Waals surface area (Å²) in [6.07, 6.45) is -4.94. The van der Waals surface area contributed by atoms with Gasteiger partial charge >= 0.3 is 6.18 Å². The van der Waals surface area contributed by atoms with Crippen LogP contribution in [-0.4, -0.2) is 16.8 Å². The number of hydrogen-bond donors (Lipinski definition) is 0. The quantitative estimate of drug-likeness (QED) is 0.336. The molecule has 0 aliphatic heterocycles. The van der Waals surface area contributed by atoms with Gasteiger partial charge in [-0.1, -0.05) is 0 Å². The van der Waals surface area contributed by atoms with E-state index in [1.54, 1.807) is 0 Å². The van der Waals surface area contributed by atoms with Gasteiger partial charge in [0.15, 0.2) is 0 Å². The number of isothiocyanates is 1. The molecule has 0 spiro atoms. The minimum absolute atomic E-state index is 0.383. The molecule has 0 fully saturated rings. The lowest BCUT2D eigenvalue weighted by Crippen LogP contribution is -2.13. The lowest BCUT2D eigenvalue weighted by molar-refractivity contribution is -0.398. The molecule has 0 bridgehead atoms. The minimum Gasteiger partial charge on any atom is -0.199 e. The molecule has 0 unspecified atom stereocenters. The van der Waals surface area contributed by atoms with Crippen LogP contribution in [0, 0.1) is 17.1 Å². The van der Waals surface area contributed by atoms with Crippen molar-refractivity contribution in [3.05, 3.63) is 29.1 Å². The summed E-state index contributed by atoms with van der Waals surface area (Å²) in [4.78, 5) is 0. The second-order valence-corrected chi connectivity index (χ2v) is 3.26. The van der Waals surface area contributed by atoms with Gasteiger partial charge in [-0.15, -0.1) is 4.58 Å². The molecule has 0 atom stereocenters. The Morgan fingerprint density at radius 2 is 1.94 bits per heavy atom. The van der Waals surface area contributed by atoms with E-state index in [-0.39, 0.29) is 5.69 Å². The summed E-state index contributed by atoms with van der Waals surface area (Å²) in [5.74, 6) is -1.53. The van der Waals surface area contributed by atoms with Gasteiger partial charge < -0.3 is 0 Å². The van der Waals surface area contributed by atoms with Crippen molar-refractivity contribution in [2.45, 2.75) is 6.18 Å². The molecule has 0 heterocycles. The predicted octanol–water partition coefficient (Wildman–Crippen LogP) is 3.09. The molecule has 0 aliphatic rings. The van der Waals surface area contributed by atoms with Crippen molar-refractivity contribution < 1.29 is 22.1 Å². The number of thiocarbonyl (C=S) groups is 1. The summed E-state index contributed by atoms with van der Waals surface area (Å²) in [6, 6.07) is 3.24. The number of hydrogen-bond acceptors (Lipinski definition) is 2. The molecule has 7 heteroatoms. The Kier molecular flexibility index (Phi) is 3.61. The van der Waals surface area contributed by atoms with E-state index in [9.17, 15) is 17.6 Å². The first kappa shape index (κ1) is 13.3. The van der Waals surface area contributed by atoms with Crippen LogP contribution in [0.4, 0.5) is 23.2 Å². The van der Waals surface area contributed by atoms with Crippen molar-refractivity contribution in [1.29, 1.82) is 5.26 Å². The average molecular weight is 261 g/mol. The van der Waals surface area contributed by atoms with Crippen LogP contribution in [0.15, 0.2) is 12.1 Å². The van der Waals surface area contributed by atoms with E-state index >= 15 is 0 Å². The maximum Gasteiger partial charge on any atom is 0.420 e. The van der Waals surface area contributed by atoms with Gasteiger partial charge in [0.25, 0.3) is 10.8 Å². The molecule has 0 saturated heterocycles. The Labute approximate surface area is 99.4 Å². The van der Waals surface area contributed by atoms with Crippen LogP contribution in [0.5, 0.6) is 0 Å². The van der Waals surface area contributed by atoms with Gasteiger partial charge in [0.05, 0.1) is 11.6 Å². The Bertz CT molecular complexity index is 551. The average Bonchev–Trinajstić information content (AvgIpc) is 2.25. The van der Waals surface area contributed by atoms with Gasteiger partial charge in [-0.3, -0.25) is 0 Å². The molecule has 88 valence electrons. The number of alkyl halides is 3. The second kappa shape index (κ2) is 4.62. The summed E-state index contributed by atoms with van der Waals surface area (Å²) in [7, 11) is 1.26. The van der Waals surface area contributed by atoms with E-state index in [0.29, 0.717) is 0 Å². The van der Waals surface area contributed by atoms with Gasteiger partial charge in [0, 0.05) is 18.3 Å². The van der Waals surface area contributed by atoms with Crippen molar-refractivity contribution in [1.82, 2.24) is 0 Å². The summed E-state index contributed by atoms with van der Waals surface area (Å²) in [6.45, 7) is 0. The van der Waals surface area contributed by atoms with Crippen LogP contribution < -0.4 is 0 Å². The maximum atomic E-state index is 13.7. The minimum atomic E-state index is -4.94. The molecular weight excluding hydrogens is 256 g/mol. The zero-order chi connectivity index (χ0) is 13.2. The summed E-state index contributed by atoms with van der Waals surface area (Å²) < 4.78 is 52.3. The van der Waals surface area contributed by atoms with Crippen molar-refractivity contribution in [3.63, 3.8) is 0 Å². The molecule has 0 saturated carbocycles. The first-order valence-corrected chi connectivity index (χ1v) is 4.65. The lowest BCUT2D eigenvalue weighted by Gasteiger charge is -2.09. The van der Waals surface area contributed by atoms with Crippen LogP contribution >= 0.6 is 12.2 Å². The largest absolute Gasteiger partial charge is 0.420 e. The Balaban J connectivity index is 3.68. The number of rotatable bonds is 1. The van der Waals surface area contributed by atoms with Gasteiger partial charge in [-0.2, -0.15) is 22.8 Å². The zero-order valence-corrected chi connectivity index (χ0v) is 9.29. The van der Waals surface area contributed by atoms with Crippen LogP contribution in [-0.2, 0) is 6.18 Å². The molecule has 0 N–H and O–H groups in total. The number of nitriles is 1. The zero-order valence-electron chi connectivity index (χ0n) is 8.47. The fraction of sp³-hybridized carbons (Fsp3) is 0.200. The van der Waals surface area contributed by atoms with E-state index in [0.717, 1.165) is 16.7 Å². The van der Waals surface area contributed by atoms with Crippen molar-refractivity contribution in [2.24, 2.45) is 0 Å². The SMILES string of the molecule is C[N+](=C=S)c1ccc(C#N)c(C(F)(F)F)c1F. The standard InChI is InChI=1S/C10H5F4N2S/c1-16(5-17)7-3-2-6(4-15)8(9(7)11)10(12,13)14/h2-3H,1H3/q+1. The van der Waals surface area contributed by atoms with Crippen molar-refractivity contribution in [3.8, 4) is 6.07 Å². The summed E-state index contributed by atoms with van der Waals surface area (Å²) >= 11 is 4.38. The molecule has 0 aromatic heterocycles. The first-order valence-electron chi connectivity index (χ1n) is 4.24. The maximum absolute atomic E-state index is 13.7. The Morgan fingerprint density at radius 3 is 2.35 bits per heavy atom. The summed E-state index contributed by atoms with van der Waals surface area (Å²) in [5, 5.41) is 10.6. The fourth-order valence-corrected chi connectivity index (χ4v) is 1.34. The predicted molar refractivity (Wildman–Crippen MR) is 54.6 cm³/mol. The molecule has 2 nitrogen and oxygen atoms in total. The molecule has 1 aromatic rings. The van der Waals surface area contributed by atoms with Gasteiger partial charge in [0.1, 0.15) is 12.6 Å². The van der Waals surface area contributed by atoms with E-state index < -0.39 is 23.1 Å². The van der Waals surface area contributed by atoms with E-state index in [2.05, 4.69) is 17.4 Å². The molecule has 17 heavy (non-hydrogen) atoms. The van der Waals surface area contributed by atoms with E-state index in [1.165, 1.54) is 13.1 Å². The van der Waals surface area contributed by atoms with E-state index in [4.69, 9.17) is 5.26 Å². The van der Waals surface area contributed by atoms with Crippen LogP contribution in [0.2, 0.25) is 0 Å². The van der Waals surface area contributed by atoms with Gasteiger partial charge in [-0.25, -0.2) is 0 Å². The third-order valence-corrected chi connectivity index (χ3v) is 2.30. The second-order valence-electron chi connectivity index (χ2n) is 3.08. The van der Waals surface area contributed by atoms with E-state index in [1.807, 2.05) is 0 Å². The molecule has 0 aliphatic carbocycles. The van der Waals surface area contributed by atoms with Crippen molar-refractivity contribution in [2.75, 3.05) is 7.05 Å². The van der Waals surface area contributed by atoms with Crippen LogP contribution in [0.1, 0.15) is 11.1 Å². The highest BCUT2D eigenvalue weighted by atomic mass is 32.1. The first-order chi connectivity index (χ1) is 7.82. The number of benzene rings is 1. The molecule has 1 aromatic carbocycles. The third kappa shape index (κ3) is 2.49. The molecular formula is C10H5F4N2S+. The third-order valence-electron chi connectivity index (χ3n) is 2.02. The Morgan fingerprint density at radius 1 is 1.35 bits per heavy atom. The highest BCUT2D eigenvalue weighted by Crippen LogP contribution is 2.36. The molecule has 0 amide bonds. The number of nitrogens with zero attached hydrogens (tertiary/aromatic N) is 2. The van der Waals surface area contributed by atoms with Crippen LogP contribution in [0.3, 0.4) is 0 Å².